The maximum atomic E-state index is 14.1. The molecule has 0 bridgehead atoms. The van der Waals surface area contributed by atoms with Gasteiger partial charge in [-0.05, 0) is 72.4 Å². The molecule has 41 heavy (non-hydrogen) atoms. The third-order valence-electron chi connectivity index (χ3n) is 7.19. The number of aryl methyl sites for hydroxylation is 2. The molecular formula is C31H33FN6O2S. The van der Waals surface area contributed by atoms with Crippen LogP contribution in [0, 0.1) is 22.6 Å². The first-order valence-corrected chi connectivity index (χ1v) is 14.5. The summed E-state index contributed by atoms with van der Waals surface area (Å²) in [5.74, 6) is -0.420. The average Bonchev–Trinajstić information content (AvgIpc) is 3.51. The van der Waals surface area contributed by atoms with E-state index in [2.05, 4.69) is 10.3 Å². The summed E-state index contributed by atoms with van der Waals surface area (Å²) in [6, 6.07) is 8.70. The Morgan fingerprint density at radius 2 is 2.00 bits per heavy atom. The Hall–Kier alpha value is -4.18. The zero-order valence-corrected chi connectivity index (χ0v) is 24.3. The minimum atomic E-state index is -0.634. The second-order valence-electron chi connectivity index (χ2n) is 10.7. The van der Waals surface area contributed by atoms with Crippen molar-refractivity contribution in [3.05, 3.63) is 76.0 Å². The van der Waals surface area contributed by atoms with Gasteiger partial charge in [-0.15, -0.1) is 11.3 Å². The number of primary amides is 1. The second kappa shape index (κ2) is 11.4. The fraction of sp³-hybridized carbons (Fsp3) is 0.323. The van der Waals surface area contributed by atoms with Crippen LogP contribution >= 0.6 is 11.3 Å². The molecule has 1 aliphatic rings. The van der Waals surface area contributed by atoms with E-state index in [1.165, 1.54) is 24.3 Å². The fourth-order valence-corrected chi connectivity index (χ4v) is 6.68. The van der Waals surface area contributed by atoms with E-state index < -0.39 is 5.91 Å². The van der Waals surface area contributed by atoms with Gasteiger partial charge in [0.15, 0.2) is 5.90 Å². The normalized spacial score (nSPS) is 14.3. The first kappa shape index (κ1) is 28.4. The Bertz CT molecular complexity index is 1700. The number of nitrogens with zero attached hydrogens (tertiary/aromatic N) is 2. The molecule has 0 radical (unpaired) electrons. The summed E-state index contributed by atoms with van der Waals surface area (Å²) >= 11 is 1.43. The number of fused-ring (bicyclic) bond motifs is 2. The van der Waals surface area contributed by atoms with Crippen LogP contribution in [-0.2, 0) is 24.0 Å². The largest absolute Gasteiger partial charge is 0.425 e. The lowest BCUT2D eigenvalue weighted by Crippen LogP contribution is -2.23. The van der Waals surface area contributed by atoms with Crippen LogP contribution in [0.25, 0.3) is 20.5 Å². The maximum Gasteiger partial charge on any atom is 0.251 e. The molecule has 10 heteroatoms. The number of amides is 1. The van der Waals surface area contributed by atoms with Crippen LogP contribution in [-0.4, -0.2) is 27.7 Å². The topological polar surface area (TPSA) is 138 Å². The maximum absolute atomic E-state index is 14.1. The molecule has 8 nitrogen and oxygen atoms in total. The van der Waals surface area contributed by atoms with Crippen molar-refractivity contribution in [1.29, 1.82) is 10.8 Å². The van der Waals surface area contributed by atoms with E-state index in [1.807, 2.05) is 39.0 Å². The van der Waals surface area contributed by atoms with Crippen molar-refractivity contribution in [3.8, 4) is 10.4 Å². The van der Waals surface area contributed by atoms with Crippen LogP contribution in [0.1, 0.15) is 78.6 Å². The highest BCUT2D eigenvalue weighted by Gasteiger charge is 2.29. The number of ether oxygens (including phenoxy) is 1. The predicted molar refractivity (Wildman–Crippen MR) is 162 cm³/mol. The highest BCUT2D eigenvalue weighted by molar-refractivity contribution is 7.22. The number of pyridine rings is 2. The van der Waals surface area contributed by atoms with E-state index in [0.717, 1.165) is 38.9 Å². The molecule has 0 fully saturated rings. The zero-order chi connectivity index (χ0) is 29.4. The number of aromatic nitrogens is 2. The van der Waals surface area contributed by atoms with Gasteiger partial charge in [-0.3, -0.25) is 20.6 Å². The first-order valence-electron chi connectivity index (χ1n) is 13.7. The molecule has 4 aromatic rings. The molecule has 5 N–H and O–H groups in total. The van der Waals surface area contributed by atoms with Gasteiger partial charge in [0, 0.05) is 23.6 Å². The van der Waals surface area contributed by atoms with Gasteiger partial charge >= 0.3 is 0 Å². The number of benzene rings is 1. The Morgan fingerprint density at radius 1 is 1.22 bits per heavy atom. The van der Waals surface area contributed by atoms with E-state index >= 15 is 0 Å². The number of carbonyl (C=O) groups excluding carboxylic acids is 1. The molecule has 3 aromatic heterocycles. The van der Waals surface area contributed by atoms with Crippen molar-refractivity contribution in [2.45, 2.75) is 59.4 Å². The number of nitrogens with two attached hydrogens (primary N) is 1. The third kappa shape index (κ3) is 5.56. The van der Waals surface area contributed by atoms with E-state index in [4.69, 9.17) is 26.3 Å². The lowest BCUT2D eigenvalue weighted by Gasteiger charge is -2.20. The van der Waals surface area contributed by atoms with Gasteiger partial charge in [0.05, 0.1) is 33.3 Å². The summed E-state index contributed by atoms with van der Waals surface area (Å²) in [6.07, 6.45) is 4.43. The summed E-state index contributed by atoms with van der Waals surface area (Å²) in [6.45, 7) is 7.48. The Balaban J connectivity index is 1.70. The molecule has 0 aliphatic heterocycles. The molecule has 0 saturated carbocycles. The fourth-order valence-electron chi connectivity index (χ4n) is 5.52. The SMILES string of the molecule is CCc1nc(CC(C)C)c(C(N)=O)c(-c2cc3ccnc(N[C@@H]4CCc5ccc(F)cc54)c3s2)c1C(=N)OC(C)=N. The molecule has 212 valence electrons. The minimum Gasteiger partial charge on any atom is -0.425 e. The standard InChI is InChI=1S/C31H33FN6O2S/c1-5-21-26(30(35)40-16(4)33)27(25(29(34)39)23(37-21)12-15(2)3)24-13-18-10-11-36-31(28(18)41-24)38-22-9-7-17-6-8-19(32)14-20(17)22/h6,8,10-11,13-15,22,33,35H,5,7,9,12H2,1-4H3,(H2,34,39)(H,36,38)/t22-/m1/s1. The second-order valence-corrected chi connectivity index (χ2v) is 11.8. The zero-order valence-electron chi connectivity index (χ0n) is 23.5. The van der Waals surface area contributed by atoms with Crippen molar-refractivity contribution < 1.29 is 13.9 Å². The van der Waals surface area contributed by atoms with Gasteiger partial charge in [0.2, 0.25) is 5.90 Å². The van der Waals surface area contributed by atoms with Gasteiger partial charge in [0.25, 0.3) is 5.91 Å². The van der Waals surface area contributed by atoms with Gasteiger partial charge in [0.1, 0.15) is 11.6 Å². The van der Waals surface area contributed by atoms with E-state index in [1.54, 1.807) is 12.3 Å². The van der Waals surface area contributed by atoms with Crippen LogP contribution in [0.3, 0.4) is 0 Å². The predicted octanol–water partition coefficient (Wildman–Crippen LogP) is 6.80. The summed E-state index contributed by atoms with van der Waals surface area (Å²) < 4.78 is 20.4. The molecular weight excluding hydrogens is 539 g/mol. The van der Waals surface area contributed by atoms with E-state index in [-0.39, 0.29) is 35.1 Å². The molecule has 3 heterocycles. The van der Waals surface area contributed by atoms with Crippen molar-refractivity contribution >= 4 is 44.9 Å². The highest BCUT2D eigenvalue weighted by Crippen LogP contribution is 2.43. The van der Waals surface area contributed by atoms with Gasteiger partial charge in [-0.1, -0.05) is 26.8 Å². The molecule has 1 aliphatic carbocycles. The monoisotopic (exact) mass is 572 g/mol. The van der Waals surface area contributed by atoms with Crippen molar-refractivity contribution in [2.75, 3.05) is 5.32 Å². The molecule has 1 aromatic carbocycles. The quantitative estimate of drug-likeness (QED) is 0.136. The van der Waals surface area contributed by atoms with Gasteiger partial charge in [-0.25, -0.2) is 9.37 Å². The summed E-state index contributed by atoms with van der Waals surface area (Å²) in [4.78, 5) is 23.2. The molecule has 1 atom stereocenters. The molecule has 0 unspecified atom stereocenters. The summed E-state index contributed by atoms with van der Waals surface area (Å²) in [7, 11) is 0. The van der Waals surface area contributed by atoms with Crippen molar-refractivity contribution in [2.24, 2.45) is 11.7 Å². The lowest BCUT2D eigenvalue weighted by molar-refractivity contribution is 0.0999. The van der Waals surface area contributed by atoms with Crippen LogP contribution in [0.15, 0.2) is 36.5 Å². The average molecular weight is 573 g/mol. The van der Waals surface area contributed by atoms with E-state index in [9.17, 15) is 9.18 Å². The van der Waals surface area contributed by atoms with Gasteiger partial charge < -0.3 is 15.8 Å². The number of anilines is 1. The number of hydrogen-bond donors (Lipinski definition) is 4. The Kier molecular flexibility index (Phi) is 7.86. The number of hydrogen-bond acceptors (Lipinski definition) is 8. The Morgan fingerprint density at radius 3 is 2.68 bits per heavy atom. The highest BCUT2D eigenvalue weighted by atomic mass is 32.1. The lowest BCUT2D eigenvalue weighted by atomic mass is 9.92. The number of rotatable bonds is 8. The molecule has 0 spiro atoms. The summed E-state index contributed by atoms with van der Waals surface area (Å²) in [5, 5.41) is 21.0. The van der Waals surface area contributed by atoms with Crippen LogP contribution in [0.4, 0.5) is 10.2 Å². The van der Waals surface area contributed by atoms with Gasteiger partial charge in [-0.2, -0.15) is 0 Å². The van der Waals surface area contributed by atoms with E-state index in [0.29, 0.717) is 41.2 Å². The molecule has 0 saturated heterocycles. The Labute approximate surface area is 242 Å². The molecule has 1 amide bonds. The number of halogens is 1. The smallest absolute Gasteiger partial charge is 0.251 e. The van der Waals surface area contributed by atoms with Crippen LogP contribution in [0.5, 0.6) is 0 Å². The first-order chi connectivity index (χ1) is 19.6. The van der Waals surface area contributed by atoms with Crippen molar-refractivity contribution in [1.82, 2.24) is 9.97 Å². The molecule has 5 rings (SSSR count). The van der Waals surface area contributed by atoms with Crippen LogP contribution in [0.2, 0.25) is 0 Å². The van der Waals surface area contributed by atoms with Crippen molar-refractivity contribution in [3.63, 3.8) is 0 Å². The number of carbonyl (C=O) groups is 1. The van der Waals surface area contributed by atoms with Crippen LogP contribution < -0.4 is 11.1 Å². The third-order valence-corrected chi connectivity index (χ3v) is 8.36. The number of thiophene rings is 1. The minimum absolute atomic E-state index is 0.0801. The summed E-state index contributed by atoms with van der Waals surface area (Å²) in [5.41, 5.74) is 10.4. The number of nitrogens with one attached hydrogen (secondary N) is 3.